The maximum Gasteiger partial charge on any atom is 0.252 e. The second-order valence-electron chi connectivity index (χ2n) is 4.09. The summed E-state index contributed by atoms with van der Waals surface area (Å²) in [4.78, 5) is 26.7. The first kappa shape index (κ1) is 13.7. The highest BCUT2D eigenvalue weighted by Gasteiger charge is 2.08. The van der Waals surface area contributed by atoms with Gasteiger partial charge in [0.25, 0.3) is 5.91 Å². The number of carbonyl (C=O) groups is 2. The molecule has 1 aromatic carbocycles. The fraction of sp³-hybridized carbons (Fsp3) is 0.0625. The number of rotatable bonds is 5. The highest BCUT2D eigenvalue weighted by molar-refractivity contribution is 5.98. The van der Waals surface area contributed by atoms with Gasteiger partial charge in [-0.1, -0.05) is 30.3 Å². The number of aldehydes is 1. The van der Waals surface area contributed by atoms with Crippen molar-refractivity contribution in [1.82, 2.24) is 10.3 Å². The Labute approximate surface area is 117 Å². The van der Waals surface area contributed by atoms with Crippen LogP contribution >= 0.6 is 0 Å². The third kappa shape index (κ3) is 3.62. The number of pyridine rings is 1. The number of nitrogens with one attached hydrogen (secondary N) is 1. The standard InChI is InChI=1S/C16H14N2O2/c19-11-5-7-13-6-1-2-9-15(13)16(20)18-12-14-8-3-4-10-17-14/h1-11H,12H2,(H,18,20)/b7-5+. The number of nitrogens with zero attached hydrogens (tertiary/aromatic N) is 1. The van der Waals surface area contributed by atoms with E-state index in [-0.39, 0.29) is 5.91 Å². The van der Waals surface area contributed by atoms with Gasteiger partial charge in [-0.05, 0) is 29.8 Å². The topological polar surface area (TPSA) is 59.1 Å². The van der Waals surface area contributed by atoms with Crippen molar-refractivity contribution >= 4 is 18.3 Å². The van der Waals surface area contributed by atoms with Gasteiger partial charge >= 0.3 is 0 Å². The third-order valence-electron chi connectivity index (χ3n) is 2.72. The summed E-state index contributed by atoms with van der Waals surface area (Å²) in [6, 6.07) is 12.7. The lowest BCUT2D eigenvalue weighted by Gasteiger charge is -2.07. The molecule has 2 aromatic rings. The quantitative estimate of drug-likeness (QED) is 0.667. The molecule has 0 aliphatic carbocycles. The molecule has 20 heavy (non-hydrogen) atoms. The summed E-state index contributed by atoms with van der Waals surface area (Å²) < 4.78 is 0. The molecule has 100 valence electrons. The Morgan fingerprint density at radius 3 is 2.70 bits per heavy atom. The summed E-state index contributed by atoms with van der Waals surface area (Å²) in [6.45, 7) is 0.366. The fourth-order valence-electron chi connectivity index (χ4n) is 1.76. The maximum atomic E-state index is 12.1. The molecular weight excluding hydrogens is 252 g/mol. The largest absolute Gasteiger partial charge is 0.346 e. The van der Waals surface area contributed by atoms with E-state index in [0.29, 0.717) is 24.0 Å². The van der Waals surface area contributed by atoms with Gasteiger partial charge in [-0.2, -0.15) is 0 Å². The third-order valence-corrected chi connectivity index (χ3v) is 2.72. The Morgan fingerprint density at radius 2 is 1.95 bits per heavy atom. The number of carbonyl (C=O) groups excluding carboxylic acids is 2. The van der Waals surface area contributed by atoms with Crippen molar-refractivity contribution < 1.29 is 9.59 Å². The maximum absolute atomic E-state index is 12.1. The van der Waals surface area contributed by atoms with Gasteiger partial charge in [0.1, 0.15) is 6.29 Å². The highest BCUT2D eigenvalue weighted by atomic mass is 16.1. The molecular formula is C16H14N2O2. The van der Waals surface area contributed by atoms with Gasteiger partial charge in [0.15, 0.2) is 0 Å². The Balaban J connectivity index is 2.09. The van der Waals surface area contributed by atoms with E-state index in [0.717, 1.165) is 5.69 Å². The lowest BCUT2D eigenvalue weighted by atomic mass is 10.1. The second-order valence-corrected chi connectivity index (χ2v) is 4.09. The van der Waals surface area contributed by atoms with Crippen LogP contribution in [0, 0.1) is 0 Å². The number of benzene rings is 1. The molecule has 2 rings (SSSR count). The summed E-state index contributed by atoms with van der Waals surface area (Å²) in [6.07, 6.45) is 5.35. The highest BCUT2D eigenvalue weighted by Crippen LogP contribution is 2.10. The molecule has 0 aliphatic rings. The van der Waals surface area contributed by atoms with E-state index in [2.05, 4.69) is 10.3 Å². The number of amides is 1. The molecule has 0 spiro atoms. The van der Waals surface area contributed by atoms with Gasteiger partial charge in [-0.25, -0.2) is 0 Å². The molecule has 0 saturated carbocycles. The molecule has 1 amide bonds. The van der Waals surface area contributed by atoms with Crippen LogP contribution in [0.3, 0.4) is 0 Å². The van der Waals surface area contributed by atoms with Crippen LogP contribution in [-0.2, 0) is 11.3 Å². The molecule has 0 fully saturated rings. The van der Waals surface area contributed by atoms with Crippen LogP contribution in [0.25, 0.3) is 6.08 Å². The predicted molar refractivity (Wildman–Crippen MR) is 76.9 cm³/mol. The minimum Gasteiger partial charge on any atom is -0.346 e. The normalized spacial score (nSPS) is 10.4. The van der Waals surface area contributed by atoms with Crippen LogP contribution in [0.5, 0.6) is 0 Å². The summed E-state index contributed by atoms with van der Waals surface area (Å²) in [5.74, 6) is -0.193. The van der Waals surface area contributed by atoms with Crippen LogP contribution in [0.15, 0.2) is 54.7 Å². The molecule has 0 atom stereocenters. The van der Waals surface area contributed by atoms with Crippen molar-refractivity contribution in [3.63, 3.8) is 0 Å². The van der Waals surface area contributed by atoms with Crippen LogP contribution in [0.2, 0.25) is 0 Å². The molecule has 1 N–H and O–H groups in total. The van der Waals surface area contributed by atoms with E-state index < -0.39 is 0 Å². The number of hydrogen-bond acceptors (Lipinski definition) is 3. The molecule has 0 saturated heterocycles. The molecule has 0 radical (unpaired) electrons. The Kier molecular flexibility index (Phi) is 4.78. The molecule has 0 unspecified atom stereocenters. The molecule has 4 heteroatoms. The zero-order valence-corrected chi connectivity index (χ0v) is 10.8. The minimum absolute atomic E-state index is 0.193. The van der Waals surface area contributed by atoms with Crippen LogP contribution < -0.4 is 5.32 Å². The Hall–Kier alpha value is -2.75. The van der Waals surface area contributed by atoms with Crippen LogP contribution in [-0.4, -0.2) is 17.2 Å². The average molecular weight is 266 g/mol. The van der Waals surface area contributed by atoms with Gasteiger partial charge in [-0.15, -0.1) is 0 Å². The molecule has 4 nitrogen and oxygen atoms in total. The van der Waals surface area contributed by atoms with Crippen molar-refractivity contribution in [3.05, 3.63) is 71.6 Å². The smallest absolute Gasteiger partial charge is 0.252 e. The van der Waals surface area contributed by atoms with E-state index in [1.165, 1.54) is 6.08 Å². The van der Waals surface area contributed by atoms with Gasteiger partial charge in [0.05, 0.1) is 12.2 Å². The van der Waals surface area contributed by atoms with E-state index in [1.807, 2.05) is 24.3 Å². The molecule has 1 heterocycles. The lowest BCUT2D eigenvalue weighted by molar-refractivity contribution is -0.104. The van der Waals surface area contributed by atoms with E-state index in [9.17, 15) is 9.59 Å². The first-order valence-electron chi connectivity index (χ1n) is 6.20. The number of aromatic nitrogens is 1. The Bertz CT molecular complexity index is 621. The van der Waals surface area contributed by atoms with Gasteiger partial charge in [0, 0.05) is 11.8 Å². The van der Waals surface area contributed by atoms with Crippen LogP contribution in [0.1, 0.15) is 21.6 Å². The van der Waals surface area contributed by atoms with E-state index in [1.54, 1.807) is 30.5 Å². The lowest BCUT2D eigenvalue weighted by Crippen LogP contribution is -2.24. The summed E-state index contributed by atoms with van der Waals surface area (Å²) in [5.41, 5.74) is 2.03. The summed E-state index contributed by atoms with van der Waals surface area (Å²) in [7, 11) is 0. The van der Waals surface area contributed by atoms with Crippen molar-refractivity contribution in [2.75, 3.05) is 0 Å². The SMILES string of the molecule is O=C/C=C/c1ccccc1C(=O)NCc1ccccn1. The average Bonchev–Trinajstić information content (AvgIpc) is 2.52. The van der Waals surface area contributed by atoms with Crippen LogP contribution in [0.4, 0.5) is 0 Å². The van der Waals surface area contributed by atoms with Crippen molar-refractivity contribution in [1.29, 1.82) is 0 Å². The zero-order valence-electron chi connectivity index (χ0n) is 10.8. The first-order chi connectivity index (χ1) is 9.81. The van der Waals surface area contributed by atoms with Crippen molar-refractivity contribution in [2.24, 2.45) is 0 Å². The van der Waals surface area contributed by atoms with Gasteiger partial charge in [0.2, 0.25) is 0 Å². The van der Waals surface area contributed by atoms with Gasteiger partial charge < -0.3 is 5.32 Å². The van der Waals surface area contributed by atoms with Gasteiger partial charge in [-0.3, -0.25) is 14.6 Å². The Morgan fingerprint density at radius 1 is 1.15 bits per heavy atom. The first-order valence-corrected chi connectivity index (χ1v) is 6.20. The molecule has 0 bridgehead atoms. The molecule has 1 aromatic heterocycles. The van der Waals surface area contributed by atoms with Crippen molar-refractivity contribution in [2.45, 2.75) is 6.54 Å². The molecule has 0 aliphatic heterocycles. The summed E-state index contributed by atoms with van der Waals surface area (Å²) >= 11 is 0. The second kappa shape index (κ2) is 6.99. The van der Waals surface area contributed by atoms with E-state index in [4.69, 9.17) is 0 Å². The number of allylic oxidation sites excluding steroid dienone is 1. The number of hydrogen-bond donors (Lipinski definition) is 1. The summed E-state index contributed by atoms with van der Waals surface area (Å²) in [5, 5.41) is 2.81. The minimum atomic E-state index is -0.193. The predicted octanol–water partition coefficient (Wildman–Crippen LogP) is 2.22. The fourth-order valence-corrected chi connectivity index (χ4v) is 1.76. The van der Waals surface area contributed by atoms with E-state index >= 15 is 0 Å². The van der Waals surface area contributed by atoms with Crippen molar-refractivity contribution in [3.8, 4) is 0 Å². The zero-order chi connectivity index (χ0) is 14.2. The monoisotopic (exact) mass is 266 g/mol.